The molecule has 1 N–H and O–H groups in total. The predicted molar refractivity (Wildman–Crippen MR) is 133 cm³/mol. The van der Waals surface area contributed by atoms with Gasteiger partial charge in [0.15, 0.2) is 0 Å². The van der Waals surface area contributed by atoms with E-state index in [-0.39, 0.29) is 17.6 Å². The van der Waals surface area contributed by atoms with Gasteiger partial charge in [-0.15, -0.1) is 11.8 Å². The molecular weight excluding hydrogens is 418 g/mol. The van der Waals surface area contributed by atoms with Crippen LogP contribution in [0.3, 0.4) is 0 Å². The number of methoxy groups -OCH3 is 1. The lowest BCUT2D eigenvalue weighted by molar-refractivity contribution is -0.137. The fourth-order valence-corrected chi connectivity index (χ4v) is 5.60. The van der Waals surface area contributed by atoms with Crippen LogP contribution in [0.1, 0.15) is 69.2 Å². The van der Waals surface area contributed by atoms with E-state index in [0.29, 0.717) is 6.61 Å². The van der Waals surface area contributed by atoms with Gasteiger partial charge in [-0.2, -0.15) is 0 Å². The molecule has 0 fully saturated rings. The molecule has 0 radical (unpaired) electrons. The van der Waals surface area contributed by atoms with Crippen molar-refractivity contribution < 1.29 is 14.3 Å². The number of thioether (sulfide) groups is 1. The van der Waals surface area contributed by atoms with Crippen LogP contribution in [0.25, 0.3) is 6.08 Å². The van der Waals surface area contributed by atoms with Crippen LogP contribution in [0.5, 0.6) is 5.75 Å². The van der Waals surface area contributed by atoms with Crippen molar-refractivity contribution in [2.45, 2.75) is 62.9 Å². The molecular formula is C27H35NO3S. The third-order valence-electron chi connectivity index (χ3n) is 6.13. The molecule has 0 aromatic heterocycles. The van der Waals surface area contributed by atoms with Crippen molar-refractivity contribution in [1.29, 1.82) is 0 Å². The molecule has 0 aliphatic carbocycles. The summed E-state index contributed by atoms with van der Waals surface area (Å²) in [6.07, 6.45) is 7.88. The molecule has 1 aliphatic heterocycles. The lowest BCUT2D eigenvalue weighted by Crippen LogP contribution is -2.48. The first-order valence-corrected chi connectivity index (χ1v) is 12.6. The molecule has 172 valence electrons. The summed E-state index contributed by atoms with van der Waals surface area (Å²) >= 11 is 1.90. The number of carbonyl (C=O) groups excluding carboxylic acids is 1. The molecule has 0 unspecified atom stereocenters. The number of benzene rings is 2. The molecule has 2 atom stereocenters. The van der Waals surface area contributed by atoms with Gasteiger partial charge in [-0.3, -0.25) is 5.32 Å². The molecule has 0 saturated carbocycles. The normalized spacial score (nSPS) is 20.6. The Morgan fingerprint density at radius 3 is 2.66 bits per heavy atom. The minimum absolute atomic E-state index is 0.0639. The number of rotatable bonds is 9. The zero-order valence-electron chi connectivity index (χ0n) is 19.6. The highest BCUT2D eigenvalue weighted by Crippen LogP contribution is 2.43. The molecule has 3 rings (SSSR count). The van der Waals surface area contributed by atoms with E-state index < -0.39 is 0 Å². The van der Waals surface area contributed by atoms with Crippen LogP contribution in [0.4, 0.5) is 0 Å². The van der Waals surface area contributed by atoms with Crippen molar-refractivity contribution in [3.8, 4) is 5.75 Å². The van der Waals surface area contributed by atoms with Crippen LogP contribution in [0, 0.1) is 0 Å². The Bertz CT molecular complexity index is 928. The summed E-state index contributed by atoms with van der Waals surface area (Å²) in [5, 5.41) is 4.06. The summed E-state index contributed by atoms with van der Waals surface area (Å²) in [4.78, 5) is 13.1. The molecule has 0 bridgehead atoms. The van der Waals surface area contributed by atoms with Crippen molar-refractivity contribution in [2.75, 3.05) is 19.5 Å². The van der Waals surface area contributed by atoms with E-state index in [1.54, 1.807) is 20.1 Å². The van der Waals surface area contributed by atoms with E-state index in [2.05, 4.69) is 61.6 Å². The molecule has 5 heteroatoms. The van der Waals surface area contributed by atoms with Crippen LogP contribution >= 0.6 is 11.8 Å². The number of ether oxygens (including phenoxy) is 2. The number of hydrogen-bond donors (Lipinski definition) is 1. The van der Waals surface area contributed by atoms with E-state index in [4.69, 9.17) is 9.47 Å². The van der Waals surface area contributed by atoms with E-state index in [0.717, 1.165) is 29.9 Å². The van der Waals surface area contributed by atoms with Crippen LogP contribution in [-0.4, -0.2) is 31.0 Å². The summed E-state index contributed by atoms with van der Waals surface area (Å²) < 4.78 is 10.8. The van der Waals surface area contributed by atoms with Crippen molar-refractivity contribution in [3.63, 3.8) is 0 Å². The summed E-state index contributed by atoms with van der Waals surface area (Å²) in [6, 6.07) is 15.0. The molecule has 0 amide bonds. The number of carbonyl (C=O) groups is 1. The van der Waals surface area contributed by atoms with Gasteiger partial charge in [0, 0.05) is 27.8 Å². The third kappa shape index (κ3) is 5.76. The molecule has 0 saturated heterocycles. The fraction of sp³-hybridized carbons (Fsp3) is 0.444. The van der Waals surface area contributed by atoms with Crippen LogP contribution in [0.15, 0.2) is 53.4 Å². The standard InChI is InChI=1S/C27H35NO3S/c1-5-8-16-27(6-2)19-32-24-17-21(14-15-25(29)31-7-3)23(30-4)18-22(24)26(28-27)20-12-10-9-11-13-20/h9-15,17-18,26,28H,5-8,16,19H2,1-4H3/b15-14+/t26-,27-/m1/s1. The third-order valence-corrected chi connectivity index (χ3v) is 7.49. The lowest BCUT2D eigenvalue weighted by atomic mass is 9.88. The van der Waals surface area contributed by atoms with E-state index in [9.17, 15) is 4.79 Å². The molecule has 1 aliphatic rings. The van der Waals surface area contributed by atoms with Crippen molar-refractivity contribution >= 4 is 23.8 Å². The van der Waals surface area contributed by atoms with Gasteiger partial charge in [-0.1, -0.05) is 57.0 Å². The topological polar surface area (TPSA) is 47.6 Å². The number of unbranched alkanes of at least 4 members (excludes halogenated alkanes) is 1. The van der Waals surface area contributed by atoms with Gasteiger partial charge in [0.1, 0.15) is 5.75 Å². The number of esters is 1. The Morgan fingerprint density at radius 2 is 2.00 bits per heavy atom. The Morgan fingerprint density at radius 1 is 1.22 bits per heavy atom. The SMILES string of the molecule is CCCC[C@]1(CC)CSc2cc(/C=C/C(=O)OCC)c(OC)cc2[C@@H](c2ccccc2)N1. The monoisotopic (exact) mass is 453 g/mol. The van der Waals surface area contributed by atoms with Gasteiger partial charge in [0.05, 0.1) is 19.8 Å². The van der Waals surface area contributed by atoms with Crippen LogP contribution < -0.4 is 10.1 Å². The van der Waals surface area contributed by atoms with E-state index in [1.165, 1.54) is 34.9 Å². The smallest absolute Gasteiger partial charge is 0.330 e. The number of fused-ring (bicyclic) bond motifs is 1. The van der Waals surface area contributed by atoms with Gasteiger partial charge in [-0.25, -0.2) is 4.79 Å². The average Bonchev–Trinajstić information content (AvgIpc) is 2.99. The average molecular weight is 454 g/mol. The highest BCUT2D eigenvalue weighted by molar-refractivity contribution is 7.99. The summed E-state index contributed by atoms with van der Waals surface area (Å²) in [5.74, 6) is 1.42. The highest BCUT2D eigenvalue weighted by Gasteiger charge is 2.36. The van der Waals surface area contributed by atoms with Gasteiger partial charge >= 0.3 is 5.97 Å². The minimum Gasteiger partial charge on any atom is -0.496 e. The van der Waals surface area contributed by atoms with Crippen LogP contribution in [0.2, 0.25) is 0 Å². The van der Waals surface area contributed by atoms with Crippen molar-refractivity contribution in [3.05, 3.63) is 65.2 Å². The molecule has 4 nitrogen and oxygen atoms in total. The number of hydrogen-bond acceptors (Lipinski definition) is 5. The highest BCUT2D eigenvalue weighted by atomic mass is 32.2. The maximum Gasteiger partial charge on any atom is 0.330 e. The fourth-order valence-electron chi connectivity index (χ4n) is 4.19. The second-order valence-corrected chi connectivity index (χ2v) is 9.25. The molecule has 2 aromatic rings. The van der Waals surface area contributed by atoms with Gasteiger partial charge < -0.3 is 9.47 Å². The second-order valence-electron chi connectivity index (χ2n) is 8.23. The van der Waals surface area contributed by atoms with Crippen molar-refractivity contribution in [1.82, 2.24) is 5.32 Å². The minimum atomic E-state index is -0.342. The van der Waals surface area contributed by atoms with Gasteiger partial charge in [0.25, 0.3) is 0 Å². The van der Waals surface area contributed by atoms with Crippen molar-refractivity contribution in [2.24, 2.45) is 0 Å². The van der Waals surface area contributed by atoms with E-state index in [1.807, 2.05) is 11.8 Å². The van der Waals surface area contributed by atoms with Gasteiger partial charge in [-0.05, 0) is 49.1 Å². The first kappa shape index (κ1) is 24.4. The summed E-state index contributed by atoms with van der Waals surface area (Å²) in [5.41, 5.74) is 3.42. The molecule has 2 aromatic carbocycles. The lowest BCUT2D eigenvalue weighted by Gasteiger charge is -2.36. The van der Waals surface area contributed by atoms with E-state index >= 15 is 0 Å². The zero-order valence-corrected chi connectivity index (χ0v) is 20.5. The number of nitrogens with one attached hydrogen (secondary N) is 1. The predicted octanol–water partition coefficient (Wildman–Crippen LogP) is 6.40. The summed E-state index contributed by atoms with van der Waals surface area (Å²) in [6.45, 7) is 6.71. The Kier molecular flexibility index (Phi) is 8.83. The van der Waals surface area contributed by atoms with Crippen LogP contribution in [-0.2, 0) is 9.53 Å². The van der Waals surface area contributed by atoms with Gasteiger partial charge in [0.2, 0.25) is 0 Å². The maximum absolute atomic E-state index is 11.9. The molecule has 1 heterocycles. The molecule has 0 spiro atoms. The first-order valence-electron chi connectivity index (χ1n) is 11.6. The summed E-state index contributed by atoms with van der Waals surface area (Å²) in [7, 11) is 1.68. The zero-order chi connectivity index (χ0) is 23.0. The molecule has 32 heavy (non-hydrogen) atoms. The Labute approximate surface area is 196 Å². The first-order chi connectivity index (χ1) is 15.6. The quantitative estimate of drug-likeness (QED) is 0.352. The second kappa shape index (κ2) is 11.6. The maximum atomic E-state index is 11.9. The largest absolute Gasteiger partial charge is 0.496 e. The Hall–Kier alpha value is -2.24. The Balaban J connectivity index is 2.07.